The van der Waals surface area contributed by atoms with E-state index in [4.69, 9.17) is 4.55 Å². The molecule has 0 radical (unpaired) electrons. The molecule has 0 heterocycles. The molecular formula is C12H16F3NO3S. The lowest BCUT2D eigenvalue weighted by Crippen LogP contribution is -2.21. The number of hydrogen-bond donors (Lipinski definition) is 2. The molecule has 0 spiro atoms. The first kappa shape index (κ1) is 16.9. The molecule has 1 rings (SSSR count). The Kier molecular flexibility index (Phi) is 5.97. The lowest BCUT2D eigenvalue weighted by molar-refractivity contribution is -0.137. The molecule has 114 valence electrons. The Labute approximate surface area is 115 Å². The summed E-state index contributed by atoms with van der Waals surface area (Å²) in [6.45, 7) is 0.811. The van der Waals surface area contributed by atoms with Crippen molar-refractivity contribution in [3.05, 3.63) is 35.4 Å². The molecule has 1 aromatic carbocycles. The molecule has 8 heteroatoms. The SMILES string of the molecule is O=S(=O)(O)CCCNCCc1cccc(C(F)(F)F)c1. The Morgan fingerprint density at radius 2 is 1.90 bits per heavy atom. The largest absolute Gasteiger partial charge is 0.416 e. The summed E-state index contributed by atoms with van der Waals surface area (Å²) in [5.41, 5.74) is -0.122. The Hall–Kier alpha value is -1.12. The van der Waals surface area contributed by atoms with Crippen LogP contribution in [-0.2, 0) is 22.7 Å². The van der Waals surface area contributed by atoms with Crippen LogP contribution in [0, 0.1) is 0 Å². The number of rotatable bonds is 7. The third-order valence-corrected chi connectivity index (χ3v) is 3.41. The minimum Gasteiger partial charge on any atom is -0.316 e. The van der Waals surface area contributed by atoms with Gasteiger partial charge in [0.15, 0.2) is 0 Å². The zero-order valence-corrected chi connectivity index (χ0v) is 11.5. The van der Waals surface area contributed by atoms with Crippen LogP contribution >= 0.6 is 0 Å². The summed E-state index contributed by atoms with van der Waals surface area (Å²) in [4.78, 5) is 0. The molecule has 2 N–H and O–H groups in total. The summed E-state index contributed by atoms with van der Waals surface area (Å²) in [5.74, 6) is -0.330. The number of nitrogens with one attached hydrogen (secondary N) is 1. The van der Waals surface area contributed by atoms with Gasteiger partial charge in [0.25, 0.3) is 10.1 Å². The molecule has 0 aromatic heterocycles. The Bertz CT molecular complexity index is 529. The second-order valence-electron chi connectivity index (χ2n) is 4.34. The fourth-order valence-corrected chi connectivity index (χ4v) is 2.15. The molecule has 0 fully saturated rings. The van der Waals surface area contributed by atoms with E-state index in [0.29, 0.717) is 25.1 Å². The topological polar surface area (TPSA) is 66.4 Å². The smallest absolute Gasteiger partial charge is 0.316 e. The lowest BCUT2D eigenvalue weighted by Gasteiger charge is -2.09. The maximum absolute atomic E-state index is 12.5. The van der Waals surface area contributed by atoms with Crippen molar-refractivity contribution in [3.63, 3.8) is 0 Å². The molecule has 0 aliphatic carbocycles. The summed E-state index contributed by atoms with van der Waals surface area (Å²) in [7, 11) is -3.95. The quantitative estimate of drug-likeness (QED) is 0.598. The van der Waals surface area contributed by atoms with Crippen molar-refractivity contribution in [2.75, 3.05) is 18.8 Å². The van der Waals surface area contributed by atoms with E-state index >= 15 is 0 Å². The van der Waals surface area contributed by atoms with Crippen molar-refractivity contribution < 1.29 is 26.1 Å². The molecule has 0 saturated carbocycles. The summed E-state index contributed by atoms with van der Waals surface area (Å²) in [6, 6.07) is 5.08. The van der Waals surface area contributed by atoms with E-state index < -0.39 is 21.9 Å². The van der Waals surface area contributed by atoms with Crippen LogP contribution in [0.3, 0.4) is 0 Å². The van der Waals surface area contributed by atoms with Crippen LogP contribution in [0.5, 0.6) is 0 Å². The molecule has 0 unspecified atom stereocenters. The maximum Gasteiger partial charge on any atom is 0.416 e. The number of alkyl halides is 3. The maximum atomic E-state index is 12.5. The summed E-state index contributed by atoms with van der Waals surface area (Å²) in [6.07, 6.45) is -3.68. The van der Waals surface area contributed by atoms with Gasteiger partial charge >= 0.3 is 6.18 Å². The third-order valence-electron chi connectivity index (χ3n) is 2.60. The van der Waals surface area contributed by atoms with E-state index in [1.54, 1.807) is 6.07 Å². The first-order valence-corrected chi connectivity index (χ1v) is 7.61. The van der Waals surface area contributed by atoms with Gasteiger partial charge in [0.1, 0.15) is 0 Å². The lowest BCUT2D eigenvalue weighted by atomic mass is 10.1. The van der Waals surface area contributed by atoms with Crippen LogP contribution in [0.25, 0.3) is 0 Å². The van der Waals surface area contributed by atoms with Crippen LogP contribution in [0.2, 0.25) is 0 Å². The average Bonchev–Trinajstić information content (AvgIpc) is 2.31. The van der Waals surface area contributed by atoms with Crippen molar-refractivity contribution in [2.24, 2.45) is 0 Å². The molecule has 0 amide bonds. The number of halogens is 3. The molecule has 0 aliphatic rings. The van der Waals surface area contributed by atoms with Crippen LogP contribution in [0.1, 0.15) is 17.5 Å². The molecule has 4 nitrogen and oxygen atoms in total. The fraction of sp³-hybridized carbons (Fsp3) is 0.500. The van der Waals surface area contributed by atoms with Crippen LogP contribution in [-0.4, -0.2) is 31.8 Å². The van der Waals surface area contributed by atoms with E-state index in [2.05, 4.69) is 5.32 Å². The van der Waals surface area contributed by atoms with Crippen molar-refractivity contribution in [1.29, 1.82) is 0 Å². The van der Waals surface area contributed by atoms with Gasteiger partial charge in [0.2, 0.25) is 0 Å². The standard InChI is InChI=1S/C12H16F3NO3S/c13-12(14,15)11-4-1-3-10(9-11)5-7-16-6-2-8-20(17,18)19/h1,3-4,9,16H,2,5-8H2,(H,17,18,19). The molecule has 1 aromatic rings. The van der Waals surface area contributed by atoms with E-state index in [-0.39, 0.29) is 12.2 Å². The molecule has 20 heavy (non-hydrogen) atoms. The van der Waals surface area contributed by atoms with Gasteiger partial charge in [-0.2, -0.15) is 21.6 Å². The zero-order chi connectivity index (χ0) is 15.2. The minimum atomic E-state index is -4.35. The van der Waals surface area contributed by atoms with Crippen LogP contribution in [0.4, 0.5) is 13.2 Å². The molecule has 0 aliphatic heterocycles. The van der Waals surface area contributed by atoms with Crippen molar-refractivity contribution in [3.8, 4) is 0 Å². The first-order valence-electron chi connectivity index (χ1n) is 6.00. The van der Waals surface area contributed by atoms with Gasteiger partial charge in [-0.3, -0.25) is 4.55 Å². The highest BCUT2D eigenvalue weighted by molar-refractivity contribution is 7.85. The van der Waals surface area contributed by atoms with E-state index in [1.165, 1.54) is 6.07 Å². The minimum absolute atomic E-state index is 0.251. The fourth-order valence-electron chi connectivity index (χ4n) is 1.64. The average molecular weight is 311 g/mol. The summed E-state index contributed by atoms with van der Waals surface area (Å²) in [5, 5.41) is 2.91. The predicted octanol–water partition coefficient (Wildman–Crippen LogP) is 2.12. The summed E-state index contributed by atoms with van der Waals surface area (Å²) >= 11 is 0. The highest BCUT2D eigenvalue weighted by Gasteiger charge is 2.30. The van der Waals surface area contributed by atoms with Gasteiger partial charge in [-0.15, -0.1) is 0 Å². The van der Waals surface area contributed by atoms with Crippen molar-refractivity contribution in [1.82, 2.24) is 5.32 Å². The van der Waals surface area contributed by atoms with Gasteiger partial charge in [-0.05, 0) is 37.6 Å². The van der Waals surface area contributed by atoms with E-state index in [1.807, 2.05) is 0 Å². The number of hydrogen-bond acceptors (Lipinski definition) is 3. The molecule has 0 bridgehead atoms. The van der Waals surface area contributed by atoms with Gasteiger partial charge < -0.3 is 5.32 Å². The van der Waals surface area contributed by atoms with E-state index in [9.17, 15) is 21.6 Å². The zero-order valence-electron chi connectivity index (χ0n) is 10.7. The van der Waals surface area contributed by atoms with Crippen LogP contribution < -0.4 is 5.32 Å². The van der Waals surface area contributed by atoms with Gasteiger partial charge in [-0.1, -0.05) is 18.2 Å². The Balaban J connectivity index is 2.32. The highest BCUT2D eigenvalue weighted by Crippen LogP contribution is 2.29. The summed E-state index contributed by atoms with van der Waals surface area (Å²) < 4.78 is 66.8. The van der Waals surface area contributed by atoms with Crippen LogP contribution in [0.15, 0.2) is 24.3 Å². The van der Waals surface area contributed by atoms with E-state index in [0.717, 1.165) is 12.1 Å². The Morgan fingerprint density at radius 3 is 2.50 bits per heavy atom. The number of benzene rings is 1. The predicted molar refractivity (Wildman–Crippen MR) is 69.1 cm³/mol. The highest BCUT2D eigenvalue weighted by atomic mass is 32.2. The molecular weight excluding hydrogens is 295 g/mol. The van der Waals surface area contributed by atoms with Gasteiger partial charge in [0, 0.05) is 0 Å². The monoisotopic (exact) mass is 311 g/mol. The second-order valence-corrected chi connectivity index (χ2v) is 5.91. The molecule has 0 saturated heterocycles. The normalized spacial score (nSPS) is 12.6. The van der Waals surface area contributed by atoms with Crippen molar-refractivity contribution >= 4 is 10.1 Å². The van der Waals surface area contributed by atoms with Crippen molar-refractivity contribution in [2.45, 2.75) is 19.0 Å². The third kappa shape index (κ3) is 6.88. The van der Waals surface area contributed by atoms with Gasteiger partial charge in [0.05, 0.1) is 11.3 Å². The Morgan fingerprint density at radius 1 is 1.20 bits per heavy atom. The first-order chi connectivity index (χ1) is 9.18. The van der Waals surface area contributed by atoms with Gasteiger partial charge in [-0.25, -0.2) is 0 Å². The molecule has 0 atom stereocenters. The second kappa shape index (κ2) is 7.05.